The van der Waals surface area contributed by atoms with Gasteiger partial charge in [0.15, 0.2) is 0 Å². The number of hydrogen-bond donors (Lipinski definition) is 2. The molecule has 0 aromatic heterocycles. The van der Waals surface area contributed by atoms with E-state index in [-0.39, 0.29) is 51.6 Å². The van der Waals surface area contributed by atoms with Crippen molar-refractivity contribution >= 4 is 17.8 Å². The Morgan fingerprint density at radius 2 is 1.61 bits per heavy atom. The van der Waals surface area contributed by atoms with Gasteiger partial charge in [0.25, 0.3) is 0 Å². The molecule has 1 heterocycles. The number of nitrogens with two attached hydrogens (primary N) is 1. The fourth-order valence-corrected chi connectivity index (χ4v) is 14.2. The summed E-state index contributed by atoms with van der Waals surface area (Å²) in [6, 6.07) is 0.208. The van der Waals surface area contributed by atoms with Gasteiger partial charge in [-0.2, -0.15) is 0 Å². The highest BCUT2D eigenvalue weighted by atomic mass is 16.5. The van der Waals surface area contributed by atoms with Crippen LogP contribution in [0.2, 0.25) is 0 Å². The number of hydrogen-bond acceptors (Lipinski definition) is 5. The van der Waals surface area contributed by atoms with Crippen LogP contribution in [0.3, 0.4) is 0 Å². The smallest absolute Gasteiger partial charge is 0.309 e. The van der Waals surface area contributed by atoms with Crippen LogP contribution in [0.1, 0.15) is 145 Å². The molecule has 0 aromatic carbocycles. The molecule has 11 atom stereocenters. The van der Waals surface area contributed by atoms with Crippen molar-refractivity contribution in [1.29, 1.82) is 0 Å². The minimum Gasteiger partial charge on any atom is -0.481 e. The molecule has 5 saturated carbocycles. The van der Waals surface area contributed by atoms with Crippen LogP contribution in [0, 0.1) is 62.1 Å². The Balaban J connectivity index is 1.25. The van der Waals surface area contributed by atoms with Crippen molar-refractivity contribution < 1.29 is 24.2 Å². The van der Waals surface area contributed by atoms with Gasteiger partial charge in [-0.05, 0) is 149 Å². The number of amides is 1. The van der Waals surface area contributed by atoms with Crippen LogP contribution in [0.4, 0.5) is 0 Å². The van der Waals surface area contributed by atoms with E-state index in [9.17, 15) is 19.5 Å². The first kappa shape index (κ1) is 36.9. The zero-order valence-electron chi connectivity index (χ0n) is 32.2. The third kappa shape index (κ3) is 5.55. The van der Waals surface area contributed by atoms with Crippen molar-refractivity contribution in [2.75, 3.05) is 13.1 Å². The second kappa shape index (κ2) is 12.4. The predicted molar refractivity (Wildman–Crippen MR) is 193 cm³/mol. The lowest BCUT2D eigenvalue weighted by atomic mass is 9.32. The first-order chi connectivity index (χ1) is 22.8. The van der Waals surface area contributed by atoms with E-state index in [0.717, 1.165) is 57.9 Å². The predicted octanol–water partition coefficient (Wildman–Crippen LogP) is 8.40. The van der Waals surface area contributed by atoms with Gasteiger partial charge in [0, 0.05) is 31.0 Å². The van der Waals surface area contributed by atoms with Crippen LogP contribution in [0.5, 0.6) is 0 Å². The van der Waals surface area contributed by atoms with Gasteiger partial charge in [0.05, 0.1) is 11.8 Å². The van der Waals surface area contributed by atoms with Crippen molar-refractivity contribution in [2.24, 2.45) is 67.8 Å². The molecule has 0 aromatic rings. The van der Waals surface area contributed by atoms with E-state index < -0.39 is 11.4 Å². The van der Waals surface area contributed by atoms with Crippen LogP contribution in [0.15, 0.2) is 12.2 Å². The van der Waals surface area contributed by atoms with E-state index in [1.807, 2.05) is 0 Å². The first-order valence-corrected chi connectivity index (χ1v) is 19.9. The minimum atomic E-state index is -1.14. The molecule has 5 aliphatic carbocycles. The van der Waals surface area contributed by atoms with E-state index in [0.29, 0.717) is 48.5 Å². The third-order valence-corrected chi connectivity index (χ3v) is 17.1. The molecule has 6 aliphatic rings. The van der Waals surface area contributed by atoms with Gasteiger partial charge in [-0.3, -0.25) is 14.4 Å². The van der Waals surface area contributed by atoms with Gasteiger partial charge in [0.1, 0.15) is 6.10 Å². The summed E-state index contributed by atoms with van der Waals surface area (Å²) in [7, 11) is 0. The number of ether oxygens (including phenoxy) is 1. The summed E-state index contributed by atoms with van der Waals surface area (Å²) < 4.78 is 6.18. The van der Waals surface area contributed by atoms with E-state index in [1.165, 1.54) is 31.3 Å². The van der Waals surface area contributed by atoms with Gasteiger partial charge >= 0.3 is 11.9 Å². The Labute approximate surface area is 296 Å². The SMILES string of the molecule is C=C(C)[C@@H]1CCC2(CC(=O)N3CCC[C@@H]3CN)CC[C@]3(C)[C@H](CC[C@@H]4[C@@]5(C)CC[C@H](OC(=O)CC(C)(C)C(=O)O)C(C)(C)[C@@H]5CC[C@]43C)[C@@H]12. The number of allylic oxidation sites excluding steroid dienone is 1. The van der Waals surface area contributed by atoms with E-state index in [1.54, 1.807) is 13.8 Å². The summed E-state index contributed by atoms with van der Waals surface area (Å²) >= 11 is 0. The zero-order chi connectivity index (χ0) is 35.9. The molecule has 6 fully saturated rings. The summed E-state index contributed by atoms with van der Waals surface area (Å²) in [5.74, 6) is 1.60. The normalized spacial score (nSPS) is 44.3. The van der Waals surface area contributed by atoms with Crippen LogP contribution >= 0.6 is 0 Å². The molecule has 1 unspecified atom stereocenters. The second-order valence-electron chi connectivity index (χ2n) is 20.0. The Hall–Kier alpha value is -1.89. The van der Waals surface area contributed by atoms with E-state index >= 15 is 0 Å². The largest absolute Gasteiger partial charge is 0.481 e. The minimum absolute atomic E-state index is 0.0655. The third-order valence-electron chi connectivity index (χ3n) is 17.1. The molecule has 7 nitrogen and oxygen atoms in total. The number of esters is 1. The molecule has 1 aliphatic heterocycles. The number of likely N-dealkylation sites (tertiary alicyclic amines) is 1. The van der Waals surface area contributed by atoms with E-state index in [2.05, 4.69) is 53.0 Å². The van der Waals surface area contributed by atoms with Crippen molar-refractivity contribution in [1.82, 2.24) is 4.90 Å². The van der Waals surface area contributed by atoms with Crippen molar-refractivity contribution in [3.63, 3.8) is 0 Å². The molecular formula is C42H68N2O5. The molecule has 3 N–H and O–H groups in total. The lowest BCUT2D eigenvalue weighted by Gasteiger charge is -2.73. The molecule has 1 amide bonds. The Morgan fingerprint density at radius 3 is 2.27 bits per heavy atom. The number of carbonyl (C=O) groups is 3. The number of nitrogens with zero attached hydrogens (tertiary/aromatic N) is 1. The fraction of sp³-hybridized carbons (Fsp3) is 0.881. The molecule has 0 radical (unpaired) electrons. The highest BCUT2D eigenvalue weighted by Gasteiger charge is 2.71. The van der Waals surface area contributed by atoms with Crippen LogP contribution in [-0.2, 0) is 19.1 Å². The van der Waals surface area contributed by atoms with Crippen LogP contribution in [0.25, 0.3) is 0 Å². The maximum atomic E-state index is 14.1. The highest BCUT2D eigenvalue weighted by molar-refractivity contribution is 5.81. The Morgan fingerprint density at radius 1 is 0.898 bits per heavy atom. The molecule has 49 heavy (non-hydrogen) atoms. The lowest BCUT2D eigenvalue weighted by Crippen LogP contribution is -2.67. The quantitative estimate of drug-likeness (QED) is 0.197. The monoisotopic (exact) mass is 681 g/mol. The molecule has 7 heteroatoms. The summed E-state index contributed by atoms with van der Waals surface area (Å²) in [6.45, 7) is 23.9. The van der Waals surface area contributed by atoms with Gasteiger partial charge in [-0.1, -0.05) is 46.8 Å². The van der Waals surface area contributed by atoms with Crippen LogP contribution in [-0.4, -0.2) is 53.1 Å². The maximum absolute atomic E-state index is 14.1. The van der Waals surface area contributed by atoms with Crippen molar-refractivity contribution in [2.45, 2.75) is 157 Å². The summed E-state index contributed by atoms with van der Waals surface area (Å²) in [5.41, 5.74) is 6.72. The first-order valence-electron chi connectivity index (χ1n) is 19.9. The molecule has 276 valence electrons. The van der Waals surface area contributed by atoms with Gasteiger partial charge < -0.3 is 20.5 Å². The Bertz CT molecular complexity index is 1360. The maximum Gasteiger partial charge on any atom is 0.309 e. The molecule has 1 saturated heterocycles. The molecule has 6 rings (SSSR count). The number of fused-ring (bicyclic) bond motifs is 7. The summed E-state index contributed by atoms with van der Waals surface area (Å²) in [6.07, 6.45) is 13.8. The van der Waals surface area contributed by atoms with Gasteiger partial charge in [-0.25, -0.2) is 0 Å². The fourth-order valence-electron chi connectivity index (χ4n) is 14.2. The van der Waals surface area contributed by atoms with Crippen molar-refractivity contribution in [3.8, 4) is 0 Å². The zero-order valence-corrected chi connectivity index (χ0v) is 32.2. The molecule has 0 bridgehead atoms. The van der Waals surface area contributed by atoms with Crippen LogP contribution < -0.4 is 5.73 Å². The number of carboxylic acid groups (broad SMARTS) is 1. The van der Waals surface area contributed by atoms with E-state index in [4.69, 9.17) is 10.5 Å². The number of rotatable bonds is 8. The van der Waals surface area contributed by atoms with Crippen molar-refractivity contribution in [3.05, 3.63) is 12.2 Å². The average Bonchev–Trinajstić information content (AvgIpc) is 3.64. The summed E-state index contributed by atoms with van der Waals surface area (Å²) in [4.78, 5) is 41.0. The topological polar surface area (TPSA) is 110 Å². The van der Waals surface area contributed by atoms with Gasteiger partial charge in [0.2, 0.25) is 5.91 Å². The number of carboxylic acids is 1. The number of carbonyl (C=O) groups excluding carboxylic acids is 2. The van der Waals surface area contributed by atoms with Gasteiger partial charge in [-0.15, -0.1) is 0 Å². The second-order valence-corrected chi connectivity index (χ2v) is 20.0. The lowest BCUT2D eigenvalue weighted by molar-refractivity contribution is -0.250. The average molecular weight is 681 g/mol. The molecule has 0 spiro atoms. The number of aliphatic carboxylic acids is 1. The standard InChI is InChI=1S/C42H68N2O5/c1-26(2)28-14-19-42(23-33(45)44-22-10-11-27(44)25-43)21-20-40(8)29(35(28)42)12-13-31-39(7)17-16-32(49-34(46)24-37(3,4)36(47)48)38(5,6)30(39)15-18-41(31,40)9/h27-32,35H,1,10-25,43H2,2-9H3,(H,47,48)/t27-,28+,29-,30+,31-,32+,35-,39+,40-,41-,42?/m1/s1. The molecular weight excluding hydrogens is 612 g/mol. The highest BCUT2D eigenvalue weighted by Crippen LogP contribution is 2.78. The summed E-state index contributed by atoms with van der Waals surface area (Å²) in [5, 5.41) is 9.60. The Kier molecular flexibility index (Phi) is 9.31.